The number of rotatable bonds is 4. The van der Waals surface area contributed by atoms with Crippen LogP contribution in [0.3, 0.4) is 0 Å². The summed E-state index contributed by atoms with van der Waals surface area (Å²) in [5, 5.41) is 12.3. The molecule has 23 heavy (non-hydrogen) atoms. The molecule has 0 saturated heterocycles. The zero-order valence-electron chi connectivity index (χ0n) is 12.3. The van der Waals surface area contributed by atoms with Crippen LogP contribution in [0.1, 0.15) is 20.7 Å². The van der Waals surface area contributed by atoms with E-state index in [4.69, 9.17) is 4.74 Å². The standard InChI is InChI=1S/C19H14O4/c1-2-9-23-19(22)15-8-4-6-13-10-12-5-3-7-14(18(20)21)16(12)11-17(13)15/h2-8,10-11H,1,9H2,(H,20,21). The maximum atomic E-state index is 12.2. The number of carbonyl (C=O) groups excluding carboxylic acids is 1. The van der Waals surface area contributed by atoms with Gasteiger partial charge in [-0.05, 0) is 45.8 Å². The molecule has 0 amide bonds. The van der Waals surface area contributed by atoms with Gasteiger partial charge in [-0.25, -0.2) is 9.59 Å². The molecular formula is C19H14O4. The molecule has 0 radical (unpaired) electrons. The molecule has 0 spiro atoms. The van der Waals surface area contributed by atoms with Crippen LogP contribution in [0.15, 0.2) is 61.2 Å². The number of hydrogen-bond donors (Lipinski definition) is 1. The average Bonchev–Trinajstić information content (AvgIpc) is 2.56. The fraction of sp³-hybridized carbons (Fsp3) is 0.0526. The highest BCUT2D eigenvalue weighted by Gasteiger charge is 2.14. The van der Waals surface area contributed by atoms with E-state index in [1.807, 2.05) is 18.2 Å². The Hall–Kier alpha value is -3.14. The molecule has 0 aromatic heterocycles. The summed E-state index contributed by atoms with van der Waals surface area (Å²) in [4.78, 5) is 23.6. The first kappa shape index (κ1) is 14.8. The lowest BCUT2D eigenvalue weighted by Gasteiger charge is -2.09. The van der Waals surface area contributed by atoms with Crippen LogP contribution in [0, 0.1) is 0 Å². The number of benzene rings is 3. The van der Waals surface area contributed by atoms with Gasteiger partial charge in [0.2, 0.25) is 0 Å². The molecule has 0 saturated carbocycles. The molecule has 3 aromatic carbocycles. The second kappa shape index (κ2) is 5.93. The first-order valence-corrected chi connectivity index (χ1v) is 7.08. The first-order chi connectivity index (χ1) is 11.1. The van der Waals surface area contributed by atoms with Crippen LogP contribution in [0.2, 0.25) is 0 Å². The monoisotopic (exact) mass is 306 g/mol. The van der Waals surface area contributed by atoms with Crippen molar-refractivity contribution in [3.63, 3.8) is 0 Å². The summed E-state index contributed by atoms with van der Waals surface area (Å²) in [6.07, 6.45) is 1.50. The number of aromatic carboxylic acids is 1. The molecule has 114 valence electrons. The summed E-state index contributed by atoms with van der Waals surface area (Å²) in [5.74, 6) is -1.45. The molecule has 0 unspecified atom stereocenters. The van der Waals surface area contributed by atoms with Gasteiger partial charge < -0.3 is 9.84 Å². The zero-order chi connectivity index (χ0) is 16.4. The first-order valence-electron chi connectivity index (χ1n) is 7.08. The molecule has 3 aromatic rings. The third kappa shape index (κ3) is 2.66. The quantitative estimate of drug-likeness (QED) is 0.449. The highest BCUT2D eigenvalue weighted by molar-refractivity contribution is 6.12. The lowest BCUT2D eigenvalue weighted by atomic mass is 9.97. The van der Waals surface area contributed by atoms with Gasteiger partial charge in [-0.15, -0.1) is 0 Å². The molecule has 0 aliphatic carbocycles. The molecule has 0 aliphatic rings. The number of carboxylic acids is 1. The maximum Gasteiger partial charge on any atom is 0.339 e. The number of fused-ring (bicyclic) bond motifs is 2. The second-order valence-electron chi connectivity index (χ2n) is 5.10. The lowest BCUT2D eigenvalue weighted by molar-refractivity contribution is 0.0551. The van der Waals surface area contributed by atoms with Crippen molar-refractivity contribution in [2.24, 2.45) is 0 Å². The smallest absolute Gasteiger partial charge is 0.339 e. The van der Waals surface area contributed by atoms with Crippen molar-refractivity contribution in [2.45, 2.75) is 0 Å². The van der Waals surface area contributed by atoms with E-state index in [-0.39, 0.29) is 12.2 Å². The maximum absolute atomic E-state index is 12.2. The summed E-state index contributed by atoms with van der Waals surface area (Å²) in [7, 11) is 0. The minimum atomic E-state index is -0.998. The van der Waals surface area contributed by atoms with E-state index in [1.54, 1.807) is 30.3 Å². The largest absolute Gasteiger partial charge is 0.478 e. The molecule has 0 aliphatic heterocycles. The van der Waals surface area contributed by atoms with E-state index in [0.29, 0.717) is 16.3 Å². The molecule has 3 rings (SSSR count). The Morgan fingerprint density at radius 1 is 1.00 bits per heavy atom. The van der Waals surface area contributed by atoms with Crippen molar-refractivity contribution in [2.75, 3.05) is 6.61 Å². The molecule has 4 nitrogen and oxygen atoms in total. The van der Waals surface area contributed by atoms with Crippen molar-refractivity contribution < 1.29 is 19.4 Å². The van der Waals surface area contributed by atoms with E-state index in [2.05, 4.69) is 6.58 Å². The van der Waals surface area contributed by atoms with E-state index in [1.165, 1.54) is 6.08 Å². The Balaban J connectivity index is 2.27. The van der Waals surface area contributed by atoms with Crippen LogP contribution in [0.5, 0.6) is 0 Å². The van der Waals surface area contributed by atoms with Gasteiger partial charge in [0.1, 0.15) is 6.61 Å². The van der Waals surface area contributed by atoms with Crippen LogP contribution >= 0.6 is 0 Å². The minimum Gasteiger partial charge on any atom is -0.478 e. The van der Waals surface area contributed by atoms with Crippen LogP contribution in [-0.2, 0) is 4.74 Å². The van der Waals surface area contributed by atoms with E-state index in [0.717, 1.165) is 10.8 Å². The van der Waals surface area contributed by atoms with Crippen molar-refractivity contribution in [1.82, 2.24) is 0 Å². The van der Waals surface area contributed by atoms with Crippen LogP contribution in [-0.4, -0.2) is 23.7 Å². The molecule has 0 heterocycles. The van der Waals surface area contributed by atoms with E-state index in [9.17, 15) is 14.7 Å². The highest BCUT2D eigenvalue weighted by atomic mass is 16.5. The van der Waals surface area contributed by atoms with Gasteiger partial charge in [-0.3, -0.25) is 0 Å². The third-order valence-electron chi connectivity index (χ3n) is 3.66. The summed E-state index contributed by atoms with van der Waals surface area (Å²) >= 11 is 0. The molecule has 0 bridgehead atoms. The number of carboxylic acid groups (broad SMARTS) is 1. The third-order valence-corrected chi connectivity index (χ3v) is 3.66. The lowest BCUT2D eigenvalue weighted by Crippen LogP contribution is -2.06. The van der Waals surface area contributed by atoms with E-state index >= 15 is 0 Å². The normalized spacial score (nSPS) is 10.6. The van der Waals surface area contributed by atoms with Gasteiger partial charge in [0.05, 0.1) is 11.1 Å². The van der Waals surface area contributed by atoms with Crippen LogP contribution in [0.25, 0.3) is 21.5 Å². The average molecular weight is 306 g/mol. The van der Waals surface area contributed by atoms with Crippen molar-refractivity contribution >= 4 is 33.5 Å². The van der Waals surface area contributed by atoms with Gasteiger partial charge >= 0.3 is 11.9 Å². The Kier molecular flexibility index (Phi) is 3.81. The van der Waals surface area contributed by atoms with Gasteiger partial charge in [0.15, 0.2) is 0 Å². The number of carbonyl (C=O) groups is 2. The van der Waals surface area contributed by atoms with Gasteiger partial charge in [-0.2, -0.15) is 0 Å². The fourth-order valence-corrected chi connectivity index (χ4v) is 2.63. The topological polar surface area (TPSA) is 63.6 Å². The van der Waals surface area contributed by atoms with Crippen LogP contribution in [0.4, 0.5) is 0 Å². The van der Waals surface area contributed by atoms with E-state index < -0.39 is 11.9 Å². The van der Waals surface area contributed by atoms with Crippen molar-refractivity contribution in [3.8, 4) is 0 Å². The summed E-state index contributed by atoms with van der Waals surface area (Å²) in [5.41, 5.74) is 0.616. The fourth-order valence-electron chi connectivity index (χ4n) is 2.63. The number of ether oxygens (including phenoxy) is 1. The van der Waals surface area contributed by atoms with Crippen molar-refractivity contribution in [3.05, 3.63) is 72.3 Å². The Morgan fingerprint density at radius 3 is 2.22 bits per heavy atom. The van der Waals surface area contributed by atoms with Crippen molar-refractivity contribution in [1.29, 1.82) is 0 Å². The second-order valence-corrected chi connectivity index (χ2v) is 5.10. The van der Waals surface area contributed by atoms with Gasteiger partial charge in [0, 0.05) is 0 Å². The Labute approximate surface area is 132 Å². The molecule has 0 fully saturated rings. The predicted octanol–water partition coefficient (Wildman–Crippen LogP) is 4.03. The molecular weight excluding hydrogens is 292 g/mol. The summed E-state index contributed by atoms with van der Waals surface area (Å²) < 4.78 is 5.10. The summed E-state index contributed by atoms with van der Waals surface area (Å²) in [6, 6.07) is 14.0. The highest BCUT2D eigenvalue weighted by Crippen LogP contribution is 2.28. The molecule has 0 atom stereocenters. The predicted molar refractivity (Wildman–Crippen MR) is 88.9 cm³/mol. The molecule has 4 heteroatoms. The van der Waals surface area contributed by atoms with Gasteiger partial charge in [-0.1, -0.05) is 36.9 Å². The minimum absolute atomic E-state index is 0.128. The Bertz CT molecular complexity index is 941. The SMILES string of the molecule is C=CCOC(=O)c1cccc2cc3cccc(C(=O)O)c3cc12. The number of hydrogen-bond acceptors (Lipinski definition) is 3. The zero-order valence-corrected chi connectivity index (χ0v) is 12.3. The number of esters is 1. The molecule has 1 N–H and O–H groups in total. The van der Waals surface area contributed by atoms with Crippen LogP contribution < -0.4 is 0 Å². The Morgan fingerprint density at radius 2 is 1.61 bits per heavy atom. The summed E-state index contributed by atoms with van der Waals surface area (Å²) in [6.45, 7) is 3.65. The van der Waals surface area contributed by atoms with Gasteiger partial charge in [0.25, 0.3) is 0 Å².